The fourth-order valence-corrected chi connectivity index (χ4v) is 3.50. The van der Waals surface area contributed by atoms with Gasteiger partial charge in [0.15, 0.2) is 0 Å². The Hall–Kier alpha value is -0.240. The van der Waals surface area contributed by atoms with Gasteiger partial charge in [0.2, 0.25) is 0 Å². The first-order valence-corrected chi connectivity index (χ1v) is 11.2. The number of aliphatic hydroxyl groups is 2. The first-order valence-electron chi connectivity index (χ1n) is 11.2. The van der Waals surface area contributed by atoms with Crippen molar-refractivity contribution in [2.24, 2.45) is 5.92 Å². The molecule has 3 unspecified atom stereocenters. The molecule has 1 fully saturated rings. The van der Waals surface area contributed by atoms with Crippen LogP contribution in [0.15, 0.2) is 0 Å². The minimum absolute atomic E-state index is 0.229. The van der Waals surface area contributed by atoms with E-state index in [4.69, 9.17) is 9.47 Å². The molecule has 0 aromatic rings. The van der Waals surface area contributed by atoms with Crippen LogP contribution in [-0.2, 0) is 9.47 Å². The van der Waals surface area contributed by atoms with E-state index in [0.717, 1.165) is 45.6 Å². The van der Waals surface area contributed by atoms with E-state index in [1.54, 1.807) is 0 Å². The van der Waals surface area contributed by atoms with Crippen LogP contribution in [0.4, 0.5) is 0 Å². The summed E-state index contributed by atoms with van der Waals surface area (Å²) in [5.74, 6) is 0.562. The lowest BCUT2D eigenvalue weighted by atomic mass is 10.00. The van der Waals surface area contributed by atoms with Crippen LogP contribution in [0.2, 0.25) is 0 Å². The maximum absolute atomic E-state index is 10.2. The molecule has 0 saturated carbocycles. The van der Waals surface area contributed by atoms with Crippen molar-refractivity contribution in [3.63, 3.8) is 0 Å². The molecule has 0 aromatic carbocycles. The Labute approximate surface area is 173 Å². The van der Waals surface area contributed by atoms with Gasteiger partial charge in [0.25, 0.3) is 0 Å². The number of β-amino-alcohol motifs (C(OH)–C–C–N with tert-alkyl or cyclic N) is 1. The maximum Gasteiger partial charge on any atom is 0.0700 e. The zero-order valence-electron chi connectivity index (χ0n) is 19.0. The lowest BCUT2D eigenvalue weighted by Gasteiger charge is -2.42. The quantitative estimate of drug-likeness (QED) is 0.435. The number of hydrogen-bond donors (Lipinski definition) is 2. The van der Waals surface area contributed by atoms with E-state index in [-0.39, 0.29) is 17.7 Å². The highest BCUT2D eigenvalue weighted by atomic mass is 16.5. The molecule has 6 nitrogen and oxygen atoms in total. The van der Waals surface area contributed by atoms with Crippen molar-refractivity contribution in [2.75, 3.05) is 59.2 Å². The zero-order chi connectivity index (χ0) is 21.0. The highest BCUT2D eigenvalue weighted by Gasteiger charge is 2.26. The topological polar surface area (TPSA) is 65.4 Å². The Kier molecular flexibility index (Phi) is 12.8. The van der Waals surface area contributed by atoms with Crippen molar-refractivity contribution >= 4 is 0 Å². The summed E-state index contributed by atoms with van der Waals surface area (Å²) in [5, 5.41) is 20.1. The normalized spacial score (nSPS) is 20.2. The van der Waals surface area contributed by atoms with Gasteiger partial charge < -0.3 is 19.7 Å². The molecule has 0 bridgehead atoms. The molecule has 0 aliphatic carbocycles. The lowest BCUT2D eigenvalue weighted by Crippen LogP contribution is -2.54. The average molecular weight is 403 g/mol. The third-order valence-corrected chi connectivity index (χ3v) is 5.72. The molecular formula is C22H46N2O4. The van der Waals surface area contributed by atoms with Gasteiger partial charge >= 0.3 is 0 Å². The van der Waals surface area contributed by atoms with Crippen molar-refractivity contribution in [2.45, 2.75) is 78.0 Å². The van der Waals surface area contributed by atoms with E-state index in [2.05, 4.69) is 44.4 Å². The molecule has 1 aliphatic heterocycles. The number of rotatable bonds is 14. The first kappa shape index (κ1) is 25.8. The van der Waals surface area contributed by atoms with Gasteiger partial charge in [-0.05, 0) is 46.0 Å². The van der Waals surface area contributed by atoms with Gasteiger partial charge in [-0.1, -0.05) is 20.3 Å². The van der Waals surface area contributed by atoms with Crippen molar-refractivity contribution in [3.8, 4) is 0 Å². The molecule has 0 radical (unpaired) electrons. The number of nitrogens with zero attached hydrogens (tertiary/aromatic N) is 2. The second-order valence-electron chi connectivity index (χ2n) is 9.32. The molecule has 3 atom stereocenters. The SMILES string of the molecule is CCC(C)CC(O)CCOCCOCCC(O)CN1CCN(C(C)(C)C)CC1. The summed E-state index contributed by atoms with van der Waals surface area (Å²) < 4.78 is 11.1. The summed E-state index contributed by atoms with van der Waals surface area (Å²) >= 11 is 0. The molecule has 6 heteroatoms. The minimum atomic E-state index is -0.335. The Morgan fingerprint density at radius 3 is 1.89 bits per heavy atom. The molecule has 0 spiro atoms. The Balaban J connectivity index is 1.95. The molecule has 1 aliphatic rings. The van der Waals surface area contributed by atoms with E-state index < -0.39 is 0 Å². The van der Waals surface area contributed by atoms with Crippen LogP contribution < -0.4 is 0 Å². The van der Waals surface area contributed by atoms with Gasteiger partial charge in [0.05, 0.1) is 25.4 Å². The highest BCUT2D eigenvalue weighted by molar-refractivity contribution is 4.82. The molecule has 1 heterocycles. The van der Waals surface area contributed by atoms with Gasteiger partial charge in [-0.25, -0.2) is 0 Å². The predicted molar refractivity (Wildman–Crippen MR) is 115 cm³/mol. The fraction of sp³-hybridized carbons (Fsp3) is 1.00. The third kappa shape index (κ3) is 11.7. The van der Waals surface area contributed by atoms with Gasteiger partial charge in [-0.3, -0.25) is 9.80 Å². The molecule has 1 saturated heterocycles. The first-order chi connectivity index (χ1) is 13.2. The predicted octanol–water partition coefficient (Wildman–Crippen LogP) is 2.37. The van der Waals surface area contributed by atoms with E-state index in [1.807, 2.05) is 0 Å². The van der Waals surface area contributed by atoms with E-state index in [1.165, 1.54) is 0 Å². The lowest BCUT2D eigenvalue weighted by molar-refractivity contribution is 0.00694. The molecule has 28 heavy (non-hydrogen) atoms. The van der Waals surface area contributed by atoms with Crippen LogP contribution in [0.3, 0.4) is 0 Å². The van der Waals surface area contributed by atoms with Crippen LogP contribution in [0, 0.1) is 5.92 Å². The standard InChI is InChI=1S/C22H46N2O4/c1-6-19(2)17-20(25)7-13-27-15-16-28-14-8-21(26)18-23-9-11-24(12-10-23)22(3,4)5/h19-21,25-26H,6-18H2,1-5H3. The van der Waals surface area contributed by atoms with Crippen molar-refractivity contribution in [1.29, 1.82) is 0 Å². The Bertz CT molecular complexity index is 381. The maximum atomic E-state index is 10.2. The van der Waals surface area contributed by atoms with Crippen molar-refractivity contribution < 1.29 is 19.7 Å². The zero-order valence-corrected chi connectivity index (χ0v) is 19.0. The number of aliphatic hydroxyl groups excluding tert-OH is 2. The largest absolute Gasteiger partial charge is 0.393 e. The molecule has 1 rings (SSSR count). The second kappa shape index (κ2) is 13.9. The summed E-state index contributed by atoms with van der Waals surface area (Å²) in [5.41, 5.74) is 0.229. The smallest absolute Gasteiger partial charge is 0.0700 e. The number of ether oxygens (including phenoxy) is 2. The van der Waals surface area contributed by atoms with E-state index in [9.17, 15) is 10.2 Å². The molecule has 0 aromatic heterocycles. The number of hydrogen-bond acceptors (Lipinski definition) is 6. The average Bonchev–Trinajstić information content (AvgIpc) is 2.63. The Morgan fingerprint density at radius 2 is 1.39 bits per heavy atom. The van der Waals surface area contributed by atoms with Gasteiger partial charge in [0.1, 0.15) is 0 Å². The minimum Gasteiger partial charge on any atom is -0.393 e. The van der Waals surface area contributed by atoms with Crippen LogP contribution in [0.25, 0.3) is 0 Å². The highest BCUT2D eigenvalue weighted by Crippen LogP contribution is 2.16. The third-order valence-electron chi connectivity index (χ3n) is 5.72. The fourth-order valence-electron chi connectivity index (χ4n) is 3.50. The second-order valence-corrected chi connectivity index (χ2v) is 9.32. The summed E-state index contributed by atoms with van der Waals surface area (Å²) in [6.45, 7) is 18.2. The molecular weight excluding hydrogens is 356 g/mol. The van der Waals surface area contributed by atoms with Gasteiger partial charge in [-0.2, -0.15) is 0 Å². The summed E-state index contributed by atoms with van der Waals surface area (Å²) in [4.78, 5) is 4.85. The summed E-state index contributed by atoms with van der Waals surface area (Å²) in [6.07, 6.45) is 2.69. The van der Waals surface area contributed by atoms with Crippen molar-refractivity contribution in [1.82, 2.24) is 9.80 Å². The van der Waals surface area contributed by atoms with Crippen LogP contribution in [0.5, 0.6) is 0 Å². The van der Waals surface area contributed by atoms with Crippen LogP contribution in [-0.4, -0.2) is 96.9 Å². The summed E-state index contributed by atoms with van der Waals surface area (Å²) in [6, 6.07) is 0. The van der Waals surface area contributed by atoms with Crippen LogP contribution in [0.1, 0.15) is 60.3 Å². The molecule has 0 amide bonds. The number of piperazine rings is 1. The van der Waals surface area contributed by atoms with E-state index >= 15 is 0 Å². The van der Waals surface area contributed by atoms with Crippen LogP contribution >= 0.6 is 0 Å². The van der Waals surface area contributed by atoms with Gasteiger partial charge in [0, 0.05) is 51.5 Å². The van der Waals surface area contributed by atoms with Crippen molar-refractivity contribution in [3.05, 3.63) is 0 Å². The molecule has 168 valence electrons. The summed E-state index contributed by atoms with van der Waals surface area (Å²) in [7, 11) is 0. The van der Waals surface area contributed by atoms with Gasteiger partial charge in [-0.15, -0.1) is 0 Å². The molecule has 2 N–H and O–H groups in total. The van der Waals surface area contributed by atoms with E-state index in [0.29, 0.717) is 45.2 Å². The Morgan fingerprint density at radius 1 is 0.857 bits per heavy atom. The monoisotopic (exact) mass is 402 g/mol.